The third-order valence-corrected chi connectivity index (χ3v) is 5.36. The Labute approximate surface area is 164 Å². The molecule has 1 aromatic heterocycles. The van der Waals surface area contributed by atoms with Gasteiger partial charge in [0.1, 0.15) is 0 Å². The molecule has 6 nitrogen and oxygen atoms in total. The zero-order valence-corrected chi connectivity index (χ0v) is 15.5. The SMILES string of the molecule is O=C(Nc1ccc(CNS(=O)(=O)c2ccccc2C(F)(F)F)cc1)c1ccco1. The number of nitrogens with one attached hydrogen (secondary N) is 2. The number of anilines is 1. The van der Waals surface area contributed by atoms with Crippen LogP contribution in [-0.4, -0.2) is 14.3 Å². The Balaban J connectivity index is 1.68. The van der Waals surface area contributed by atoms with Crippen LogP contribution in [0.3, 0.4) is 0 Å². The molecule has 3 aromatic rings. The molecule has 2 aromatic carbocycles. The van der Waals surface area contributed by atoms with Crippen molar-refractivity contribution in [2.45, 2.75) is 17.6 Å². The van der Waals surface area contributed by atoms with Crippen LogP contribution in [-0.2, 0) is 22.7 Å². The maximum Gasteiger partial charge on any atom is 0.417 e. The minimum absolute atomic E-state index is 0.130. The minimum Gasteiger partial charge on any atom is -0.459 e. The van der Waals surface area contributed by atoms with Crippen LogP contribution in [0.1, 0.15) is 21.7 Å². The highest BCUT2D eigenvalue weighted by Gasteiger charge is 2.36. The van der Waals surface area contributed by atoms with Gasteiger partial charge in [0.25, 0.3) is 5.91 Å². The normalized spacial score (nSPS) is 12.0. The molecule has 0 radical (unpaired) electrons. The molecule has 0 fully saturated rings. The smallest absolute Gasteiger partial charge is 0.417 e. The van der Waals surface area contributed by atoms with Crippen LogP contribution in [0.25, 0.3) is 0 Å². The maximum atomic E-state index is 13.1. The lowest BCUT2D eigenvalue weighted by molar-refractivity contribution is -0.139. The number of rotatable bonds is 6. The van der Waals surface area contributed by atoms with Gasteiger partial charge in [-0.25, -0.2) is 13.1 Å². The van der Waals surface area contributed by atoms with Gasteiger partial charge in [-0.3, -0.25) is 4.79 Å². The third-order valence-electron chi connectivity index (χ3n) is 3.91. The first-order valence-corrected chi connectivity index (χ1v) is 9.75. The average molecular weight is 424 g/mol. The van der Waals surface area contributed by atoms with E-state index in [9.17, 15) is 26.4 Å². The van der Waals surface area contributed by atoms with E-state index < -0.39 is 32.6 Å². The maximum absolute atomic E-state index is 13.1. The second-order valence-electron chi connectivity index (χ2n) is 5.95. The van der Waals surface area contributed by atoms with Crippen molar-refractivity contribution in [2.24, 2.45) is 0 Å². The minimum atomic E-state index is -4.79. The summed E-state index contributed by atoms with van der Waals surface area (Å²) >= 11 is 0. The van der Waals surface area contributed by atoms with Gasteiger partial charge in [-0.05, 0) is 42.0 Å². The molecule has 1 heterocycles. The number of carbonyl (C=O) groups is 1. The summed E-state index contributed by atoms with van der Waals surface area (Å²) in [5.41, 5.74) is -0.294. The quantitative estimate of drug-likeness (QED) is 0.625. The van der Waals surface area contributed by atoms with E-state index in [-0.39, 0.29) is 12.3 Å². The number of hydrogen-bond donors (Lipinski definition) is 2. The summed E-state index contributed by atoms with van der Waals surface area (Å²) in [5, 5.41) is 2.60. The van der Waals surface area contributed by atoms with Gasteiger partial charge in [-0.15, -0.1) is 0 Å². The number of alkyl halides is 3. The first-order valence-electron chi connectivity index (χ1n) is 8.26. The second-order valence-corrected chi connectivity index (χ2v) is 7.68. The zero-order valence-electron chi connectivity index (χ0n) is 14.7. The average Bonchev–Trinajstić information content (AvgIpc) is 3.22. The Morgan fingerprint density at radius 3 is 2.28 bits per heavy atom. The van der Waals surface area contributed by atoms with Gasteiger partial charge >= 0.3 is 6.18 Å². The lowest BCUT2D eigenvalue weighted by Gasteiger charge is -2.14. The summed E-state index contributed by atoms with van der Waals surface area (Å²) in [6.45, 7) is -0.221. The Morgan fingerprint density at radius 2 is 1.66 bits per heavy atom. The Morgan fingerprint density at radius 1 is 0.966 bits per heavy atom. The van der Waals surface area contributed by atoms with Crippen molar-refractivity contribution in [3.63, 3.8) is 0 Å². The number of hydrogen-bond acceptors (Lipinski definition) is 4. The van der Waals surface area contributed by atoms with E-state index in [1.165, 1.54) is 42.7 Å². The fourth-order valence-corrected chi connectivity index (χ4v) is 3.74. The van der Waals surface area contributed by atoms with Crippen molar-refractivity contribution in [2.75, 3.05) is 5.32 Å². The molecule has 0 atom stereocenters. The predicted octanol–water partition coefficient (Wildman–Crippen LogP) is 4.03. The van der Waals surface area contributed by atoms with Gasteiger partial charge in [0, 0.05) is 12.2 Å². The first-order chi connectivity index (χ1) is 13.7. The molecule has 2 N–H and O–H groups in total. The van der Waals surface area contributed by atoms with Gasteiger partial charge in [-0.2, -0.15) is 13.2 Å². The molecule has 152 valence electrons. The van der Waals surface area contributed by atoms with E-state index in [0.29, 0.717) is 17.3 Å². The Kier molecular flexibility index (Phi) is 5.76. The lowest BCUT2D eigenvalue weighted by atomic mass is 10.2. The van der Waals surface area contributed by atoms with E-state index in [2.05, 4.69) is 10.0 Å². The van der Waals surface area contributed by atoms with Crippen LogP contribution in [0.2, 0.25) is 0 Å². The van der Waals surface area contributed by atoms with Gasteiger partial charge in [0.05, 0.1) is 16.7 Å². The monoisotopic (exact) mass is 424 g/mol. The third kappa shape index (κ3) is 5.04. The number of benzene rings is 2. The van der Waals surface area contributed by atoms with Crippen molar-refractivity contribution in [1.82, 2.24) is 4.72 Å². The molecular weight excluding hydrogens is 409 g/mol. The molecule has 3 rings (SSSR count). The van der Waals surface area contributed by atoms with Crippen molar-refractivity contribution in [3.05, 3.63) is 83.8 Å². The largest absolute Gasteiger partial charge is 0.459 e. The topological polar surface area (TPSA) is 88.4 Å². The van der Waals surface area contributed by atoms with Crippen LogP contribution in [0.4, 0.5) is 18.9 Å². The van der Waals surface area contributed by atoms with Crippen LogP contribution >= 0.6 is 0 Å². The molecule has 0 aliphatic heterocycles. The molecule has 0 saturated heterocycles. The summed E-state index contributed by atoms with van der Waals surface area (Å²) in [6, 6.07) is 13.2. The van der Waals surface area contributed by atoms with Gasteiger partial charge in [0.15, 0.2) is 5.76 Å². The van der Waals surface area contributed by atoms with E-state index in [0.717, 1.165) is 12.1 Å². The van der Waals surface area contributed by atoms with Crippen LogP contribution in [0, 0.1) is 0 Å². The summed E-state index contributed by atoms with van der Waals surface area (Å²) in [7, 11) is -4.38. The number of furan rings is 1. The van der Waals surface area contributed by atoms with Gasteiger partial charge in [-0.1, -0.05) is 24.3 Å². The molecule has 10 heteroatoms. The molecule has 29 heavy (non-hydrogen) atoms. The fraction of sp³-hybridized carbons (Fsp3) is 0.105. The summed E-state index contributed by atoms with van der Waals surface area (Å²) in [4.78, 5) is 11.1. The highest BCUT2D eigenvalue weighted by atomic mass is 32.2. The van der Waals surface area contributed by atoms with Crippen molar-refractivity contribution in [1.29, 1.82) is 0 Å². The van der Waals surface area contributed by atoms with E-state index in [1.54, 1.807) is 6.07 Å². The second kappa shape index (κ2) is 8.10. The Bertz CT molecular complexity index is 1090. The molecule has 0 unspecified atom stereocenters. The number of sulfonamides is 1. The molecule has 0 aliphatic carbocycles. The lowest BCUT2D eigenvalue weighted by Crippen LogP contribution is -2.26. The summed E-state index contributed by atoms with van der Waals surface area (Å²) in [6.07, 6.45) is -3.43. The molecule has 0 aliphatic rings. The van der Waals surface area contributed by atoms with Gasteiger partial charge in [0.2, 0.25) is 10.0 Å². The highest BCUT2D eigenvalue weighted by molar-refractivity contribution is 7.89. The van der Waals surface area contributed by atoms with Crippen LogP contribution in [0.15, 0.2) is 76.2 Å². The zero-order chi connectivity index (χ0) is 21.1. The summed E-state index contributed by atoms with van der Waals surface area (Å²) < 4.78 is 71.0. The van der Waals surface area contributed by atoms with Crippen molar-refractivity contribution < 1.29 is 30.8 Å². The van der Waals surface area contributed by atoms with E-state index >= 15 is 0 Å². The van der Waals surface area contributed by atoms with E-state index in [1.807, 2.05) is 0 Å². The Hall–Kier alpha value is -3.11. The molecule has 0 bridgehead atoms. The van der Waals surface area contributed by atoms with Gasteiger partial charge < -0.3 is 9.73 Å². The summed E-state index contributed by atoms with van der Waals surface area (Å²) in [5.74, 6) is -0.322. The van der Waals surface area contributed by atoms with Crippen molar-refractivity contribution in [3.8, 4) is 0 Å². The number of amides is 1. The highest BCUT2D eigenvalue weighted by Crippen LogP contribution is 2.33. The fourth-order valence-electron chi connectivity index (χ4n) is 2.50. The molecular formula is C19H15F3N2O4S. The van der Waals surface area contributed by atoms with Crippen LogP contribution < -0.4 is 10.0 Å². The standard InChI is InChI=1S/C19H15F3N2O4S/c20-19(21,22)15-4-1-2-6-17(15)29(26,27)23-12-13-7-9-14(10-8-13)24-18(25)16-5-3-11-28-16/h1-11,23H,12H2,(H,24,25). The molecule has 1 amide bonds. The first kappa shape index (κ1) is 20.6. The molecule has 0 saturated carbocycles. The van der Waals surface area contributed by atoms with E-state index in [4.69, 9.17) is 4.42 Å². The number of halogens is 3. The predicted molar refractivity (Wildman–Crippen MR) is 98.6 cm³/mol. The number of carbonyl (C=O) groups excluding carboxylic acids is 1. The molecule has 0 spiro atoms. The van der Waals surface area contributed by atoms with Crippen molar-refractivity contribution >= 4 is 21.6 Å². The van der Waals surface area contributed by atoms with Crippen LogP contribution in [0.5, 0.6) is 0 Å².